The van der Waals surface area contributed by atoms with E-state index >= 15 is 0 Å². The Bertz CT molecular complexity index is 307. The molecule has 1 nitrogen and oxygen atoms in total. The zero-order valence-electron chi connectivity index (χ0n) is 6.60. The Morgan fingerprint density at radius 2 is 2.17 bits per heavy atom. The Kier molecular flexibility index (Phi) is 3.12. The van der Waals surface area contributed by atoms with Gasteiger partial charge >= 0.3 is 0 Å². The molecule has 0 atom stereocenters. The molecule has 1 rings (SSSR count). The quantitative estimate of drug-likeness (QED) is 0.675. The summed E-state index contributed by atoms with van der Waals surface area (Å²) in [4.78, 5) is 10.6. The molecule has 0 fully saturated rings. The number of hydrogen-bond acceptors (Lipinski definition) is 1. The fraction of sp³-hybridized carbons (Fsp3) is 0.222. The van der Waals surface area contributed by atoms with Gasteiger partial charge in [0, 0.05) is 11.4 Å². The maximum absolute atomic E-state index is 10.6. The first kappa shape index (κ1) is 9.56. The summed E-state index contributed by atoms with van der Waals surface area (Å²) < 4.78 is 0. The van der Waals surface area contributed by atoms with Gasteiger partial charge in [0.05, 0.1) is 0 Å². The number of aryl methyl sites for hydroxylation is 1. The maximum atomic E-state index is 10.6. The van der Waals surface area contributed by atoms with Crippen LogP contribution >= 0.6 is 23.2 Å². The van der Waals surface area contributed by atoms with Crippen LogP contribution in [0.2, 0.25) is 5.02 Å². The molecule has 12 heavy (non-hydrogen) atoms. The van der Waals surface area contributed by atoms with Crippen molar-refractivity contribution in [3.63, 3.8) is 0 Å². The van der Waals surface area contributed by atoms with Crippen LogP contribution in [0, 0.1) is 6.92 Å². The lowest BCUT2D eigenvalue weighted by atomic mass is 10.1. The van der Waals surface area contributed by atoms with Crippen molar-refractivity contribution in [2.75, 3.05) is 0 Å². The van der Waals surface area contributed by atoms with Crippen LogP contribution in [0.5, 0.6) is 0 Å². The Hall–Kier alpha value is -0.530. The lowest BCUT2D eigenvalue weighted by molar-refractivity contribution is -0.111. The van der Waals surface area contributed by atoms with Gasteiger partial charge in [-0.15, -0.1) is 0 Å². The molecule has 0 unspecified atom stereocenters. The summed E-state index contributed by atoms with van der Waals surface area (Å²) in [5.41, 5.74) is 1.93. The Labute approximate surface area is 81.3 Å². The van der Waals surface area contributed by atoms with Crippen molar-refractivity contribution in [3.05, 3.63) is 34.3 Å². The van der Waals surface area contributed by atoms with Crippen molar-refractivity contribution in [1.29, 1.82) is 0 Å². The topological polar surface area (TPSA) is 17.1 Å². The number of carbonyl (C=O) groups excluding carboxylic acids is 1. The second kappa shape index (κ2) is 3.92. The van der Waals surface area contributed by atoms with E-state index in [1.54, 1.807) is 6.07 Å². The highest BCUT2D eigenvalue weighted by molar-refractivity contribution is 6.63. The van der Waals surface area contributed by atoms with Gasteiger partial charge in [0.2, 0.25) is 5.24 Å². The van der Waals surface area contributed by atoms with E-state index in [0.717, 1.165) is 11.1 Å². The maximum Gasteiger partial charge on any atom is 0.226 e. The SMILES string of the molecule is Cc1cc(Cl)ccc1CC(=O)Cl. The molecule has 0 spiro atoms. The molecule has 0 aromatic heterocycles. The number of hydrogen-bond donors (Lipinski definition) is 0. The average Bonchev–Trinajstić information content (AvgIpc) is 1.94. The fourth-order valence-electron chi connectivity index (χ4n) is 1.01. The van der Waals surface area contributed by atoms with Crippen molar-refractivity contribution in [1.82, 2.24) is 0 Å². The second-order valence-electron chi connectivity index (χ2n) is 2.60. The molecule has 0 aliphatic rings. The van der Waals surface area contributed by atoms with Crippen LogP contribution in [-0.4, -0.2) is 5.24 Å². The summed E-state index contributed by atoms with van der Waals surface area (Å²) in [5.74, 6) is 0. The summed E-state index contributed by atoms with van der Waals surface area (Å²) >= 11 is 11.0. The zero-order valence-corrected chi connectivity index (χ0v) is 8.12. The number of carbonyl (C=O) groups is 1. The van der Waals surface area contributed by atoms with Crippen LogP contribution in [0.25, 0.3) is 0 Å². The highest BCUT2D eigenvalue weighted by Gasteiger charge is 2.02. The average molecular weight is 203 g/mol. The molecule has 0 bridgehead atoms. The molecule has 64 valence electrons. The molecule has 0 heterocycles. The van der Waals surface area contributed by atoms with E-state index in [2.05, 4.69) is 0 Å². The van der Waals surface area contributed by atoms with Gasteiger partial charge in [-0.2, -0.15) is 0 Å². The van der Waals surface area contributed by atoms with Gasteiger partial charge in [0.1, 0.15) is 0 Å². The third-order valence-corrected chi connectivity index (χ3v) is 2.00. The van der Waals surface area contributed by atoms with E-state index in [-0.39, 0.29) is 11.7 Å². The van der Waals surface area contributed by atoms with Gasteiger partial charge in [0.25, 0.3) is 0 Å². The molecule has 0 aliphatic carbocycles. The van der Waals surface area contributed by atoms with E-state index in [4.69, 9.17) is 23.2 Å². The van der Waals surface area contributed by atoms with E-state index in [0.29, 0.717) is 5.02 Å². The predicted molar refractivity (Wildman–Crippen MR) is 50.8 cm³/mol. The number of benzene rings is 1. The van der Waals surface area contributed by atoms with Crippen LogP contribution in [0.1, 0.15) is 11.1 Å². The van der Waals surface area contributed by atoms with Crippen molar-refractivity contribution < 1.29 is 4.79 Å². The van der Waals surface area contributed by atoms with E-state index in [9.17, 15) is 4.79 Å². The largest absolute Gasteiger partial charge is 0.281 e. The molecule has 0 saturated carbocycles. The predicted octanol–water partition coefficient (Wildman–Crippen LogP) is 2.96. The Balaban J connectivity index is 2.93. The molecule has 0 aliphatic heterocycles. The van der Waals surface area contributed by atoms with Gasteiger partial charge in [-0.25, -0.2) is 0 Å². The molecule has 1 aromatic carbocycles. The van der Waals surface area contributed by atoms with Gasteiger partial charge in [-0.1, -0.05) is 17.7 Å². The first-order valence-electron chi connectivity index (χ1n) is 3.53. The van der Waals surface area contributed by atoms with E-state index in [1.807, 2.05) is 19.1 Å². The molecule has 0 N–H and O–H groups in total. The summed E-state index contributed by atoms with van der Waals surface area (Å²) in [6.45, 7) is 1.90. The number of halogens is 2. The van der Waals surface area contributed by atoms with Crippen LogP contribution in [0.4, 0.5) is 0 Å². The molecule has 1 aromatic rings. The van der Waals surface area contributed by atoms with Gasteiger partial charge in [-0.3, -0.25) is 4.79 Å². The zero-order chi connectivity index (χ0) is 9.14. The summed E-state index contributed by atoms with van der Waals surface area (Å²) in [5, 5.41) is 0.332. The normalized spacial score (nSPS) is 9.92. The molecule has 0 saturated heterocycles. The smallest absolute Gasteiger partial charge is 0.226 e. The van der Waals surface area contributed by atoms with E-state index in [1.165, 1.54) is 0 Å². The molecule has 0 radical (unpaired) electrons. The second-order valence-corrected chi connectivity index (χ2v) is 3.46. The minimum atomic E-state index is -0.347. The summed E-state index contributed by atoms with van der Waals surface area (Å²) in [6, 6.07) is 5.39. The standard InChI is InChI=1S/C9H8Cl2O/c1-6-4-8(10)3-2-7(6)5-9(11)12/h2-4H,5H2,1H3. The van der Waals surface area contributed by atoms with Crippen molar-refractivity contribution in [2.45, 2.75) is 13.3 Å². The van der Waals surface area contributed by atoms with Gasteiger partial charge in [0.15, 0.2) is 0 Å². The minimum absolute atomic E-state index is 0.268. The van der Waals surface area contributed by atoms with E-state index < -0.39 is 0 Å². The van der Waals surface area contributed by atoms with Crippen LogP contribution in [-0.2, 0) is 11.2 Å². The van der Waals surface area contributed by atoms with Gasteiger partial charge < -0.3 is 0 Å². The molecule has 0 amide bonds. The summed E-state index contributed by atoms with van der Waals surface area (Å²) in [7, 11) is 0. The monoisotopic (exact) mass is 202 g/mol. The highest BCUT2D eigenvalue weighted by atomic mass is 35.5. The van der Waals surface area contributed by atoms with Crippen LogP contribution in [0.15, 0.2) is 18.2 Å². The third-order valence-electron chi connectivity index (χ3n) is 1.63. The highest BCUT2D eigenvalue weighted by Crippen LogP contribution is 2.16. The van der Waals surface area contributed by atoms with Crippen molar-refractivity contribution in [3.8, 4) is 0 Å². The fourth-order valence-corrected chi connectivity index (χ4v) is 1.38. The number of rotatable bonds is 2. The van der Waals surface area contributed by atoms with Gasteiger partial charge in [-0.05, 0) is 41.8 Å². The lowest BCUT2D eigenvalue weighted by Crippen LogP contribution is -1.95. The molecular formula is C9H8Cl2O. The summed E-state index contributed by atoms with van der Waals surface area (Å²) in [6.07, 6.45) is 0.268. The van der Waals surface area contributed by atoms with Crippen molar-refractivity contribution >= 4 is 28.4 Å². The Morgan fingerprint density at radius 3 is 2.67 bits per heavy atom. The molecule has 3 heteroatoms. The van der Waals surface area contributed by atoms with Crippen LogP contribution < -0.4 is 0 Å². The third kappa shape index (κ3) is 2.50. The van der Waals surface area contributed by atoms with Crippen LogP contribution in [0.3, 0.4) is 0 Å². The lowest BCUT2D eigenvalue weighted by Gasteiger charge is -2.01. The Morgan fingerprint density at radius 1 is 1.50 bits per heavy atom. The van der Waals surface area contributed by atoms with Crippen molar-refractivity contribution in [2.24, 2.45) is 0 Å². The first-order chi connectivity index (χ1) is 5.59. The first-order valence-corrected chi connectivity index (χ1v) is 4.28. The minimum Gasteiger partial charge on any atom is -0.281 e. The molecular weight excluding hydrogens is 195 g/mol.